The Morgan fingerprint density at radius 2 is 2.23 bits per heavy atom. The van der Waals surface area contributed by atoms with E-state index in [9.17, 15) is 10.1 Å². The lowest BCUT2D eigenvalue weighted by atomic mass is 9.90. The Morgan fingerprint density at radius 1 is 1.46 bits per heavy atom. The third-order valence-corrected chi connectivity index (χ3v) is 4.73. The summed E-state index contributed by atoms with van der Waals surface area (Å²) in [5.74, 6) is 0.878. The second kappa shape index (κ2) is 8.72. The van der Waals surface area contributed by atoms with Gasteiger partial charge in [-0.2, -0.15) is 5.26 Å². The van der Waals surface area contributed by atoms with Crippen molar-refractivity contribution in [3.63, 3.8) is 0 Å². The van der Waals surface area contributed by atoms with E-state index in [4.69, 9.17) is 9.15 Å². The number of nitrogens with zero attached hydrogens (tertiary/aromatic N) is 3. The lowest BCUT2D eigenvalue weighted by molar-refractivity contribution is -0.120. The van der Waals surface area contributed by atoms with Gasteiger partial charge in [0.2, 0.25) is 5.91 Å². The molecular weight excluding hydrogens is 352 g/mol. The Morgan fingerprint density at radius 3 is 2.88 bits per heavy atom. The van der Waals surface area contributed by atoms with Crippen LogP contribution in [0.5, 0.6) is 5.75 Å². The van der Waals surface area contributed by atoms with Crippen LogP contribution < -0.4 is 10.1 Å². The minimum atomic E-state index is -0.903. The summed E-state index contributed by atoms with van der Waals surface area (Å²) in [6.07, 6.45) is 0. The smallest absolute Gasteiger partial charge is 0.277 e. The van der Waals surface area contributed by atoms with Crippen LogP contribution in [0.15, 0.2) is 33.9 Å². The number of thioether (sulfide) groups is 1. The normalized spacial score (nSPS) is 13.1. The molecule has 8 heteroatoms. The van der Waals surface area contributed by atoms with Crippen molar-refractivity contribution in [1.82, 2.24) is 15.5 Å². The molecule has 0 aliphatic rings. The van der Waals surface area contributed by atoms with Gasteiger partial charge in [-0.1, -0.05) is 37.7 Å². The van der Waals surface area contributed by atoms with E-state index in [1.165, 1.54) is 0 Å². The van der Waals surface area contributed by atoms with Crippen LogP contribution in [0.4, 0.5) is 0 Å². The van der Waals surface area contributed by atoms with E-state index >= 15 is 0 Å². The van der Waals surface area contributed by atoms with Crippen molar-refractivity contribution in [2.45, 2.75) is 45.1 Å². The van der Waals surface area contributed by atoms with Crippen molar-refractivity contribution in [3.05, 3.63) is 35.7 Å². The fraction of sp³-hybridized carbons (Fsp3) is 0.444. The van der Waals surface area contributed by atoms with Gasteiger partial charge >= 0.3 is 0 Å². The molecule has 0 aliphatic carbocycles. The number of rotatable bonds is 8. The number of nitriles is 1. The van der Waals surface area contributed by atoms with Crippen LogP contribution in [0, 0.1) is 24.2 Å². The third-order valence-electron chi connectivity index (χ3n) is 3.91. The summed E-state index contributed by atoms with van der Waals surface area (Å²) in [6.45, 7) is 7.61. The fourth-order valence-corrected chi connectivity index (χ4v) is 2.54. The molecule has 0 spiro atoms. The average Bonchev–Trinajstić information content (AvgIpc) is 3.06. The molecule has 26 heavy (non-hydrogen) atoms. The molecule has 1 aromatic heterocycles. The van der Waals surface area contributed by atoms with E-state index in [-0.39, 0.29) is 29.4 Å². The van der Waals surface area contributed by atoms with Crippen molar-refractivity contribution >= 4 is 17.7 Å². The Kier molecular flexibility index (Phi) is 6.64. The molecule has 0 saturated carbocycles. The van der Waals surface area contributed by atoms with E-state index in [1.54, 1.807) is 6.92 Å². The maximum Gasteiger partial charge on any atom is 0.277 e. The number of nitrogens with one attached hydrogen (secondary N) is 1. The molecule has 138 valence electrons. The summed E-state index contributed by atoms with van der Waals surface area (Å²) in [6, 6.07) is 9.79. The number of aryl methyl sites for hydroxylation is 1. The average molecular weight is 374 g/mol. The van der Waals surface area contributed by atoms with Crippen LogP contribution in [-0.4, -0.2) is 27.4 Å². The second-order valence-corrected chi connectivity index (χ2v) is 7.30. The zero-order valence-corrected chi connectivity index (χ0v) is 16.1. The summed E-state index contributed by atoms with van der Waals surface area (Å²) in [5.41, 5.74) is 0.195. The maximum atomic E-state index is 12.0. The van der Waals surface area contributed by atoms with Gasteiger partial charge in [0.05, 0.1) is 11.8 Å². The van der Waals surface area contributed by atoms with Gasteiger partial charge < -0.3 is 14.5 Å². The molecule has 0 saturated heterocycles. The molecule has 1 N–H and O–H groups in total. The molecule has 0 fully saturated rings. The Labute approximate surface area is 157 Å². The third kappa shape index (κ3) is 5.49. The topological polar surface area (TPSA) is 101 Å². The SMILES string of the molecule is Cc1cccc(OCc2nnc(SCC(=O)NC(C)(C#N)C(C)C)o2)c1. The van der Waals surface area contributed by atoms with Gasteiger partial charge in [0, 0.05) is 0 Å². The molecular formula is C18H22N4O3S. The van der Waals surface area contributed by atoms with Crippen molar-refractivity contribution in [1.29, 1.82) is 5.26 Å². The molecule has 0 bridgehead atoms. The zero-order valence-electron chi connectivity index (χ0n) is 15.3. The molecule has 1 aromatic carbocycles. The van der Waals surface area contributed by atoms with Crippen molar-refractivity contribution in [3.8, 4) is 11.8 Å². The maximum absolute atomic E-state index is 12.0. The Hall–Kier alpha value is -2.53. The summed E-state index contributed by atoms with van der Waals surface area (Å²) >= 11 is 1.12. The van der Waals surface area contributed by atoms with Crippen molar-refractivity contribution < 1.29 is 13.9 Å². The van der Waals surface area contributed by atoms with Crippen LogP contribution in [0.25, 0.3) is 0 Å². The lowest BCUT2D eigenvalue weighted by Crippen LogP contribution is -2.49. The van der Waals surface area contributed by atoms with E-state index < -0.39 is 5.54 Å². The number of ether oxygens (including phenoxy) is 1. The van der Waals surface area contributed by atoms with E-state index in [0.29, 0.717) is 5.89 Å². The fourth-order valence-electron chi connectivity index (χ4n) is 1.96. The molecule has 1 atom stereocenters. The van der Waals surface area contributed by atoms with Crippen molar-refractivity contribution in [2.24, 2.45) is 5.92 Å². The number of aromatic nitrogens is 2. The van der Waals surface area contributed by atoms with Gasteiger partial charge in [-0.25, -0.2) is 0 Å². The predicted octanol–water partition coefficient (Wildman–Crippen LogP) is 3.10. The highest BCUT2D eigenvalue weighted by Gasteiger charge is 2.30. The van der Waals surface area contributed by atoms with Gasteiger partial charge in [0.25, 0.3) is 11.1 Å². The molecule has 0 aliphatic heterocycles. The number of hydrogen-bond donors (Lipinski definition) is 1. The van der Waals surface area contributed by atoms with Gasteiger partial charge in [-0.3, -0.25) is 4.79 Å². The van der Waals surface area contributed by atoms with Crippen LogP contribution in [-0.2, 0) is 11.4 Å². The van der Waals surface area contributed by atoms with Gasteiger partial charge in [0.1, 0.15) is 11.3 Å². The van der Waals surface area contributed by atoms with E-state index in [1.807, 2.05) is 45.0 Å². The van der Waals surface area contributed by atoms with Crippen LogP contribution in [0.3, 0.4) is 0 Å². The number of benzene rings is 1. The molecule has 1 heterocycles. The monoisotopic (exact) mass is 374 g/mol. The minimum absolute atomic E-state index is 0.00442. The number of amides is 1. The molecule has 2 rings (SSSR count). The lowest BCUT2D eigenvalue weighted by Gasteiger charge is -2.27. The Balaban J connectivity index is 1.83. The highest BCUT2D eigenvalue weighted by Crippen LogP contribution is 2.20. The van der Waals surface area contributed by atoms with Gasteiger partial charge in [-0.15, -0.1) is 10.2 Å². The van der Waals surface area contributed by atoms with Gasteiger partial charge in [-0.05, 0) is 37.5 Å². The Bertz CT molecular complexity index is 800. The first kappa shape index (κ1) is 19.8. The molecule has 1 amide bonds. The predicted molar refractivity (Wildman–Crippen MR) is 97.5 cm³/mol. The van der Waals surface area contributed by atoms with Crippen molar-refractivity contribution in [2.75, 3.05) is 5.75 Å². The largest absolute Gasteiger partial charge is 0.484 e. The summed E-state index contributed by atoms with van der Waals surface area (Å²) in [4.78, 5) is 12.0. The quantitative estimate of drug-likeness (QED) is 0.708. The number of carbonyl (C=O) groups excluding carboxylic acids is 1. The first-order valence-corrected chi connectivity index (χ1v) is 9.18. The molecule has 2 aromatic rings. The number of carbonyl (C=O) groups is 1. The first-order chi connectivity index (χ1) is 12.3. The molecule has 0 radical (unpaired) electrons. The van der Waals surface area contributed by atoms with Crippen LogP contribution >= 0.6 is 11.8 Å². The van der Waals surface area contributed by atoms with Crippen LogP contribution in [0.1, 0.15) is 32.2 Å². The van der Waals surface area contributed by atoms with Gasteiger partial charge in [0.15, 0.2) is 6.61 Å². The van der Waals surface area contributed by atoms with Crippen LogP contribution in [0.2, 0.25) is 0 Å². The minimum Gasteiger partial charge on any atom is -0.484 e. The second-order valence-electron chi connectivity index (χ2n) is 6.37. The highest BCUT2D eigenvalue weighted by molar-refractivity contribution is 7.99. The summed E-state index contributed by atoms with van der Waals surface area (Å²) < 4.78 is 11.1. The standard InChI is InChI=1S/C18H22N4O3S/c1-12(2)18(4,11-19)20-15(23)10-26-17-22-21-16(25-17)9-24-14-7-5-6-13(3)8-14/h5-8,12H,9-10H2,1-4H3,(H,20,23). The van der Waals surface area contributed by atoms with E-state index in [2.05, 4.69) is 21.6 Å². The zero-order chi connectivity index (χ0) is 19.2. The molecule has 1 unspecified atom stereocenters. The first-order valence-electron chi connectivity index (χ1n) is 8.19. The number of hydrogen-bond acceptors (Lipinski definition) is 7. The molecule has 7 nitrogen and oxygen atoms in total. The van der Waals surface area contributed by atoms with E-state index in [0.717, 1.165) is 23.1 Å². The highest BCUT2D eigenvalue weighted by atomic mass is 32.2. The summed E-state index contributed by atoms with van der Waals surface area (Å²) in [5, 5.41) is 20.1. The summed E-state index contributed by atoms with van der Waals surface area (Å²) in [7, 11) is 0.